The van der Waals surface area contributed by atoms with Crippen LogP contribution >= 0.6 is 24.8 Å². The van der Waals surface area contributed by atoms with Gasteiger partial charge >= 0.3 is 6.18 Å². The number of nitrogens with zero attached hydrogens (tertiary/aromatic N) is 2. The van der Waals surface area contributed by atoms with Crippen LogP contribution in [0.5, 0.6) is 0 Å². The fourth-order valence-corrected chi connectivity index (χ4v) is 3.09. The maximum absolute atomic E-state index is 13.4. The van der Waals surface area contributed by atoms with Gasteiger partial charge in [0.2, 0.25) is 0 Å². The third-order valence-corrected chi connectivity index (χ3v) is 4.53. The number of hydrogen-bond acceptors (Lipinski definition) is 4. The second kappa shape index (κ2) is 11.3. The number of benzene rings is 1. The molecule has 2 N–H and O–H groups in total. The van der Waals surface area contributed by atoms with Gasteiger partial charge in [0.15, 0.2) is 0 Å². The lowest BCUT2D eigenvalue weighted by Crippen LogP contribution is -2.57. The average molecular weight is 451 g/mol. The van der Waals surface area contributed by atoms with Gasteiger partial charge in [-0.3, -0.25) is 14.7 Å². The van der Waals surface area contributed by atoms with E-state index in [1.165, 1.54) is 11.1 Å². The van der Waals surface area contributed by atoms with Crippen molar-refractivity contribution in [2.75, 3.05) is 32.7 Å². The molecule has 1 aliphatic heterocycles. The molecule has 1 aromatic carbocycles. The Morgan fingerprint density at radius 2 is 1.76 bits per heavy atom. The number of carbonyl (C=O) groups is 1. The molecule has 0 bridgehead atoms. The fourth-order valence-electron chi connectivity index (χ4n) is 3.09. The highest BCUT2D eigenvalue weighted by Gasteiger charge is 2.43. The van der Waals surface area contributed by atoms with Crippen LogP contribution < -0.4 is 10.6 Å². The summed E-state index contributed by atoms with van der Waals surface area (Å²) >= 11 is 0. The molecule has 3 rings (SSSR count). The first-order valence-corrected chi connectivity index (χ1v) is 8.75. The summed E-state index contributed by atoms with van der Waals surface area (Å²) in [6.07, 6.45) is -1.44. The summed E-state index contributed by atoms with van der Waals surface area (Å²) < 4.78 is 40.3. The predicted octanol–water partition coefficient (Wildman–Crippen LogP) is 3.16. The Labute approximate surface area is 179 Å². The van der Waals surface area contributed by atoms with Crippen molar-refractivity contribution >= 4 is 30.7 Å². The molecular weight excluding hydrogens is 428 g/mol. The molecule has 1 atom stereocenters. The van der Waals surface area contributed by atoms with Gasteiger partial charge in [0, 0.05) is 50.7 Å². The van der Waals surface area contributed by atoms with Gasteiger partial charge in [-0.1, -0.05) is 30.3 Å². The molecule has 10 heteroatoms. The summed E-state index contributed by atoms with van der Waals surface area (Å²) in [5.41, 5.74) is 1.85. The Hall–Kier alpha value is -1.87. The van der Waals surface area contributed by atoms with E-state index in [0.717, 1.165) is 11.1 Å². The van der Waals surface area contributed by atoms with E-state index in [1.54, 1.807) is 12.3 Å². The van der Waals surface area contributed by atoms with Gasteiger partial charge in [-0.15, -0.1) is 24.8 Å². The molecule has 160 valence electrons. The largest absolute Gasteiger partial charge is 0.405 e. The lowest BCUT2D eigenvalue weighted by molar-refractivity contribution is -0.183. The molecule has 1 aromatic heterocycles. The molecular formula is C19H23Cl2F3N4O. The lowest BCUT2D eigenvalue weighted by atomic mass is 10.1. The molecule has 0 radical (unpaired) electrons. The van der Waals surface area contributed by atoms with Crippen molar-refractivity contribution in [2.24, 2.45) is 0 Å². The van der Waals surface area contributed by atoms with E-state index in [-0.39, 0.29) is 30.4 Å². The van der Waals surface area contributed by atoms with Crippen molar-refractivity contribution in [1.82, 2.24) is 20.5 Å². The van der Waals surface area contributed by atoms with Crippen molar-refractivity contribution in [3.8, 4) is 11.1 Å². The van der Waals surface area contributed by atoms with Gasteiger partial charge < -0.3 is 10.6 Å². The van der Waals surface area contributed by atoms with Gasteiger partial charge in [0.25, 0.3) is 5.91 Å². The number of pyridine rings is 1. The zero-order valence-corrected chi connectivity index (χ0v) is 17.1. The summed E-state index contributed by atoms with van der Waals surface area (Å²) in [6.45, 7) is 1.11. The van der Waals surface area contributed by atoms with E-state index in [0.29, 0.717) is 26.2 Å². The number of carbonyl (C=O) groups excluding carboxylic acids is 1. The topological polar surface area (TPSA) is 57.3 Å². The third kappa shape index (κ3) is 6.85. The van der Waals surface area contributed by atoms with Crippen LogP contribution in [0.25, 0.3) is 11.1 Å². The molecule has 0 saturated carbocycles. The summed E-state index contributed by atoms with van der Waals surface area (Å²) in [5.74, 6) is -0.565. The molecule has 1 unspecified atom stereocenters. The van der Waals surface area contributed by atoms with Crippen LogP contribution in [0.4, 0.5) is 13.2 Å². The molecule has 2 heterocycles. The second-order valence-corrected chi connectivity index (χ2v) is 6.38. The fraction of sp³-hybridized carbons (Fsp3) is 0.368. The highest BCUT2D eigenvalue weighted by molar-refractivity contribution is 5.95. The summed E-state index contributed by atoms with van der Waals surface area (Å²) in [5, 5.41) is 5.45. The second-order valence-electron chi connectivity index (χ2n) is 6.38. The predicted molar refractivity (Wildman–Crippen MR) is 111 cm³/mol. The minimum Gasteiger partial charge on any atom is -0.350 e. The molecule has 5 nitrogen and oxygen atoms in total. The number of piperazine rings is 1. The van der Waals surface area contributed by atoms with Crippen LogP contribution in [-0.2, 0) is 0 Å². The van der Waals surface area contributed by atoms with Crippen LogP contribution in [0.3, 0.4) is 0 Å². The number of halogens is 5. The van der Waals surface area contributed by atoms with Gasteiger partial charge in [0.05, 0.1) is 5.56 Å². The van der Waals surface area contributed by atoms with Gasteiger partial charge in [-0.2, -0.15) is 13.2 Å². The number of nitrogens with one attached hydrogen (secondary N) is 2. The van der Waals surface area contributed by atoms with E-state index in [1.807, 2.05) is 30.3 Å². The molecule has 1 aliphatic rings. The molecule has 29 heavy (non-hydrogen) atoms. The molecule has 1 fully saturated rings. The van der Waals surface area contributed by atoms with Crippen molar-refractivity contribution in [3.05, 3.63) is 54.4 Å². The van der Waals surface area contributed by atoms with Gasteiger partial charge in [0.1, 0.15) is 6.04 Å². The third-order valence-electron chi connectivity index (χ3n) is 4.53. The van der Waals surface area contributed by atoms with Crippen molar-refractivity contribution < 1.29 is 18.0 Å². The Kier molecular flexibility index (Phi) is 9.85. The van der Waals surface area contributed by atoms with Crippen LogP contribution in [0.2, 0.25) is 0 Å². The Balaban J connectivity index is 0.00000210. The Morgan fingerprint density at radius 3 is 2.38 bits per heavy atom. The van der Waals surface area contributed by atoms with E-state index >= 15 is 0 Å². The highest BCUT2D eigenvalue weighted by atomic mass is 35.5. The molecule has 2 aromatic rings. The number of hydrogen-bond donors (Lipinski definition) is 2. The maximum Gasteiger partial charge on any atom is 0.405 e. The summed E-state index contributed by atoms with van der Waals surface area (Å²) in [7, 11) is 0. The maximum atomic E-state index is 13.4. The minimum atomic E-state index is -4.41. The van der Waals surface area contributed by atoms with Crippen molar-refractivity contribution in [3.63, 3.8) is 0 Å². The Morgan fingerprint density at radius 1 is 1.10 bits per heavy atom. The smallest absolute Gasteiger partial charge is 0.350 e. The number of amides is 1. The van der Waals surface area contributed by atoms with E-state index in [2.05, 4.69) is 15.6 Å². The van der Waals surface area contributed by atoms with Crippen LogP contribution in [0.15, 0.2) is 48.8 Å². The highest BCUT2D eigenvalue weighted by Crippen LogP contribution is 2.25. The van der Waals surface area contributed by atoms with Crippen molar-refractivity contribution in [2.45, 2.75) is 12.2 Å². The van der Waals surface area contributed by atoms with E-state index in [4.69, 9.17) is 0 Å². The monoisotopic (exact) mass is 450 g/mol. The number of alkyl halides is 3. The molecule has 0 spiro atoms. The molecule has 1 amide bonds. The van der Waals surface area contributed by atoms with E-state index in [9.17, 15) is 18.0 Å². The average Bonchev–Trinajstić information content (AvgIpc) is 2.68. The normalized spacial score (nSPS) is 15.6. The quantitative estimate of drug-likeness (QED) is 0.734. The number of rotatable bonds is 5. The first kappa shape index (κ1) is 25.2. The van der Waals surface area contributed by atoms with Gasteiger partial charge in [-0.05, 0) is 11.6 Å². The minimum absolute atomic E-state index is 0. The molecule has 1 saturated heterocycles. The SMILES string of the molecule is Cl.Cl.O=C(NCC(N1CCNCC1)C(F)(F)F)c1cncc(-c2ccccc2)c1. The lowest BCUT2D eigenvalue weighted by Gasteiger charge is -2.35. The van der Waals surface area contributed by atoms with Crippen molar-refractivity contribution in [1.29, 1.82) is 0 Å². The standard InChI is InChI=1S/C19H21F3N4O.2ClH/c20-19(21,22)17(26-8-6-23-7-9-26)13-25-18(27)16-10-15(11-24-12-16)14-4-2-1-3-5-14;;/h1-5,10-12,17,23H,6-9,13H2,(H,25,27);2*1H. The first-order valence-electron chi connectivity index (χ1n) is 8.75. The summed E-state index contributed by atoms with van der Waals surface area (Å²) in [4.78, 5) is 17.8. The zero-order chi connectivity index (χ0) is 19.3. The van der Waals surface area contributed by atoms with Crippen LogP contribution in [0, 0.1) is 0 Å². The Bertz CT molecular complexity index is 772. The van der Waals surface area contributed by atoms with Crippen LogP contribution in [-0.4, -0.2) is 60.7 Å². The van der Waals surface area contributed by atoms with Crippen LogP contribution in [0.1, 0.15) is 10.4 Å². The first-order chi connectivity index (χ1) is 12.9. The van der Waals surface area contributed by atoms with Gasteiger partial charge in [-0.25, -0.2) is 0 Å². The molecule has 0 aliphatic carbocycles. The van der Waals surface area contributed by atoms with E-state index < -0.39 is 24.7 Å². The zero-order valence-electron chi connectivity index (χ0n) is 15.5. The number of aromatic nitrogens is 1. The summed E-state index contributed by atoms with van der Waals surface area (Å²) in [6, 6.07) is 9.29.